The Morgan fingerprint density at radius 1 is 1.16 bits per heavy atom. The lowest BCUT2D eigenvalue weighted by molar-refractivity contribution is -0.384. The van der Waals surface area contributed by atoms with Crippen molar-refractivity contribution in [3.63, 3.8) is 0 Å². The molecule has 7 nitrogen and oxygen atoms in total. The molecule has 2 aromatic carbocycles. The first-order valence-electron chi connectivity index (χ1n) is 7.62. The summed E-state index contributed by atoms with van der Waals surface area (Å²) in [6.45, 7) is 1.44. The molecule has 2 aromatic rings. The van der Waals surface area contributed by atoms with Crippen molar-refractivity contribution in [2.24, 2.45) is 0 Å². The zero-order valence-corrected chi connectivity index (χ0v) is 13.9. The van der Waals surface area contributed by atoms with Crippen LogP contribution < -0.4 is 0 Å². The van der Waals surface area contributed by atoms with Crippen LogP contribution in [0.3, 0.4) is 0 Å². The highest BCUT2D eigenvalue weighted by molar-refractivity contribution is 5.91. The van der Waals surface area contributed by atoms with Crippen LogP contribution >= 0.6 is 0 Å². The number of nitrogens with zero attached hydrogens (tertiary/aromatic N) is 2. The van der Waals surface area contributed by atoms with Crippen molar-refractivity contribution >= 4 is 17.6 Å². The van der Waals surface area contributed by atoms with E-state index in [9.17, 15) is 19.7 Å². The summed E-state index contributed by atoms with van der Waals surface area (Å²) >= 11 is 0. The maximum absolute atomic E-state index is 12.2. The molecule has 2 rings (SSSR count). The van der Waals surface area contributed by atoms with Gasteiger partial charge in [0.1, 0.15) is 0 Å². The van der Waals surface area contributed by atoms with E-state index in [2.05, 4.69) is 0 Å². The van der Waals surface area contributed by atoms with Crippen LogP contribution in [0.25, 0.3) is 0 Å². The molecule has 0 radical (unpaired) electrons. The molecule has 0 saturated heterocycles. The second kappa shape index (κ2) is 8.05. The van der Waals surface area contributed by atoms with E-state index in [0.717, 1.165) is 11.6 Å². The molecule has 25 heavy (non-hydrogen) atoms. The monoisotopic (exact) mass is 342 g/mol. The molecule has 0 fully saturated rings. The van der Waals surface area contributed by atoms with E-state index in [1.165, 1.54) is 23.1 Å². The first-order valence-corrected chi connectivity index (χ1v) is 7.62. The summed E-state index contributed by atoms with van der Waals surface area (Å²) in [6, 6.07) is 14.5. The minimum absolute atomic E-state index is 0.0285. The predicted molar refractivity (Wildman–Crippen MR) is 91.0 cm³/mol. The van der Waals surface area contributed by atoms with Gasteiger partial charge in [-0.15, -0.1) is 0 Å². The van der Waals surface area contributed by atoms with Crippen molar-refractivity contribution in [3.8, 4) is 0 Å². The molecule has 0 aliphatic rings. The third-order valence-corrected chi connectivity index (χ3v) is 3.88. The topological polar surface area (TPSA) is 89.8 Å². The highest BCUT2D eigenvalue weighted by Gasteiger charge is 2.19. The highest BCUT2D eigenvalue weighted by atomic mass is 16.6. The fourth-order valence-corrected chi connectivity index (χ4v) is 2.23. The second-order valence-electron chi connectivity index (χ2n) is 5.47. The molecule has 7 heteroatoms. The first kappa shape index (κ1) is 18.1. The van der Waals surface area contributed by atoms with Gasteiger partial charge in [-0.25, -0.2) is 4.79 Å². The summed E-state index contributed by atoms with van der Waals surface area (Å²) in [5.41, 5.74) is 0.778. The third-order valence-electron chi connectivity index (χ3n) is 3.88. The van der Waals surface area contributed by atoms with Crippen LogP contribution in [-0.2, 0) is 9.53 Å². The normalized spacial score (nSPS) is 11.4. The van der Waals surface area contributed by atoms with Crippen molar-refractivity contribution in [1.82, 2.24) is 4.90 Å². The molecular formula is C18H18N2O5. The Balaban J connectivity index is 1.96. The van der Waals surface area contributed by atoms with Crippen molar-refractivity contribution in [3.05, 3.63) is 75.8 Å². The number of ether oxygens (including phenoxy) is 1. The number of hydrogen-bond acceptors (Lipinski definition) is 5. The quantitative estimate of drug-likeness (QED) is 0.457. The molecule has 130 valence electrons. The Bertz CT molecular complexity index is 776. The Morgan fingerprint density at radius 3 is 2.48 bits per heavy atom. The van der Waals surface area contributed by atoms with E-state index >= 15 is 0 Å². The molecule has 1 atom stereocenters. The van der Waals surface area contributed by atoms with Crippen molar-refractivity contribution < 1.29 is 19.2 Å². The number of amides is 1. The van der Waals surface area contributed by atoms with Gasteiger partial charge in [0.2, 0.25) is 0 Å². The molecule has 1 amide bonds. The Kier molecular flexibility index (Phi) is 5.84. The van der Waals surface area contributed by atoms with Gasteiger partial charge in [-0.2, -0.15) is 0 Å². The number of hydrogen-bond donors (Lipinski definition) is 0. The minimum Gasteiger partial charge on any atom is -0.452 e. The molecule has 0 bridgehead atoms. The Labute approximate surface area is 145 Å². The van der Waals surface area contributed by atoms with Crippen LogP contribution in [0.2, 0.25) is 0 Å². The molecule has 0 aromatic heterocycles. The van der Waals surface area contributed by atoms with Crippen molar-refractivity contribution in [1.29, 1.82) is 0 Å². The molecule has 1 unspecified atom stereocenters. The van der Waals surface area contributed by atoms with Gasteiger partial charge in [-0.05, 0) is 18.6 Å². The summed E-state index contributed by atoms with van der Waals surface area (Å²) in [5, 5.41) is 10.7. The highest BCUT2D eigenvalue weighted by Crippen LogP contribution is 2.18. The summed E-state index contributed by atoms with van der Waals surface area (Å²) in [4.78, 5) is 35.8. The van der Waals surface area contributed by atoms with Crippen LogP contribution in [0.1, 0.15) is 28.9 Å². The molecule has 0 heterocycles. The molecule has 0 aliphatic heterocycles. The number of likely N-dealkylation sites (N-methyl/N-ethyl adjacent to an activating group) is 1. The number of non-ortho nitro benzene ring substituents is 1. The van der Waals surface area contributed by atoms with Crippen LogP contribution in [0, 0.1) is 10.1 Å². The lowest BCUT2D eigenvalue weighted by Crippen LogP contribution is -2.33. The Hall–Kier alpha value is -3.22. The number of nitro benzene ring substituents is 1. The van der Waals surface area contributed by atoms with Crippen LogP contribution in [0.5, 0.6) is 0 Å². The maximum atomic E-state index is 12.2. The Morgan fingerprint density at radius 2 is 1.84 bits per heavy atom. The number of benzene rings is 2. The number of carbonyl (C=O) groups excluding carboxylic acids is 2. The van der Waals surface area contributed by atoms with Gasteiger partial charge in [0.05, 0.1) is 16.5 Å². The van der Waals surface area contributed by atoms with Gasteiger partial charge >= 0.3 is 5.97 Å². The van der Waals surface area contributed by atoms with E-state index < -0.39 is 17.5 Å². The zero-order valence-electron chi connectivity index (χ0n) is 13.9. The molecular weight excluding hydrogens is 324 g/mol. The standard InChI is InChI=1S/C18H18N2O5/c1-13(14-7-4-3-5-8-14)19(2)17(21)12-25-18(22)15-9-6-10-16(11-15)20(23)24/h3-11,13H,12H2,1-2H3. The number of rotatable bonds is 6. The van der Waals surface area contributed by atoms with Crippen molar-refractivity contribution in [2.75, 3.05) is 13.7 Å². The minimum atomic E-state index is -0.780. The first-order chi connectivity index (χ1) is 11.9. The largest absolute Gasteiger partial charge is 0.452 e. The van der Waals surface area contributed by atoms with Crippen LogP contribution in [0.4, 0.5) is 5.69 Å². The average Bonchev–Trinajstić information content (AvgIpc) is 2.65. The summed E-state index contributed by atoms with van der Waals surface area (Å²) in [7, 11) is 1.63. The van der Waals surface area contributed by atoms with E-state index in [0.29, 0.717) is 0 Å². The van der Waals surface area contributed by atoms with E-state index in [1.54, 1.807) is 7.05 Å². The average molecular weight is 342 g/mol. The predicted octanol–water partition coefficient (Wildman–Crippen LogP) is 2.97. The number of nitro groups is 1. The van der Waals surface area contributed by atoms with Crippen LogP contribution in [-0.4, -0.2) is 35.4 Å². The van der Waals surface area contributed by atoms with Gasteiger partial charge in [-0.3, -0.25) is 14.9 Å². The van der Waals surface area contributed by atoms with Gasteiger partial charge in [0, 0.05) is 19.2 Å². The SMILES string of the molecule is CC(c1ccccc1)N(C)C(=O)COC(=O)c1cccc([N+](=O)[O-])c1. The fourth-order valence-electron chi connectivity index (χ4n) is 2.23. The second-order valence-corrected chi connectivity index (χ2v) is 5.47. The van der Waals surface area contributed by atoms with Gasteiger partial charge in [0.25, 0.3) is 11.6 Å². The lowest BCUT2D eigenvalue weighted by Gasteiger charge is -2.25. The molecule has 0 saturated carbocycles. The lowest BCUT2D eigenvalue weighted by atomic mass is 10.1. The summed E-state index contributed by atoms with van der Waals surface area (Å²) in [6.07, 6.45) is 0. The number of carbonyl (C=O) groups is 2. The summed E-state index contributed by atoms with van der Waals surface area (Å²) in [5.74, 6) is -1.15. The number of esters is 1. The maximum Gasteiger partial charge on any atom is 0.338 e. The smallest absolute Gasteiger partial charge is 0.338 e. The molecule has 0 aliphatic carbocycles. The van der Waals surface area contributed by atoms with Gasteiger partial charge < -0.3 is 9.64 Å². The van der Waals surface area contributed by atoms with Gasteiger partial charge in [0.15, 0.2) is 6.61 Å². The fraction of sp³-hybridized carbons (Fsp3) is 0.222. The molecule has 0 spiro atoms. The molecule has 0 N–H and O–H groups in total. The van der Waals surface area contributed by atoms with E-state index in [-0.39, 0.29) is 23.2 Å². The third kappa shape index (κ3) is 4.63. The van der Waals surface area contributed by atoms with Gasteiger partial charge in [-0.1, -0.05) is 36.4 Å². The van der Waals surface area contributed by atoms with E-state index in [4.69, 9.17) is 4.74 Å². The zero-order chi connectivity index (χ0) is 18.4. The van der Waals surface area contributed by atoms with Crippen LogP contribution in [0.15, 0.2) is 54.6 Å². The van der Waals surface area contributed by atoms with Crippen molar-refractivity contribution in [2.45, 2.75) is 13.0 Å². The summed E-state index contributed by atoms with van der Waals surface area (Å²) < 4.78 is 4.98. The van der Waals surface area contributed by atoms with E-state index in [1.807, 2.05) is 37.3 Å².